The van der Waals surface area contributed by atoms with Gasteiger partial charge in [0.25, 0.3) is 0 Å². The van der Waals surface area contributed by atoms with E-state index in [1.165, 1.54) is 6.92 Å². The lowest BCUT2D eigenvalue weighted by molar-refractivity contribution is -0.145. The number of aliphatic hydroxyl groups excluding tert-OH is 1. The molecule has 0 radical (unpaired) electrons. The molecule has 0 spiro atoms. The van der Waals surface area contributed by atoms with E-state index in [9.17, 15) is 14.7 Å². The SMILES string of the molecule is CC(O)CNC(=O)CC(C)(C(=O)O)c1ccccc1. The molecule has 2 atom stereocenters. The standard InChI is InChI=1S/C14H19NO4/c1-10(16)9-15-12(17)8-14(2,13(18)19)11-6-4-3-5-7-11/h3-7,10,16H,8-9H2,1-2H3,(H,15,17)(H,18,19). The maximum atomic E-state index is 11.8. The van der Waals surface area contributed by atoms with Crippen molar-refractivity contribution in [1.82, 2.24) is 5.32 Å². The van der Waals surface area contributed by atoms with Gasteiger partial charge in [-0.1, -0.05) is 30.3 Å². The molecule has 0 saturated heterocycles. The first kappa shape index (κ1) is 15.2. The Hall–Kier alpha value is -1.88. The van der Waals surface area contributed by atoms with E-state index in [-0.39, 0.29) is 13.0 Å². The molecule has 0 saturated carbocycles. The van der Waals surface area contributed by atoms with Gasteiger partial charge in [0, 0.05) is 13.0 Å². The first-order valence-corrected chi connectivity index (χ1v) is 6.10. The molecule has 3 N–H and O–H groups in total. The van der Waals surface area contributed by atoms with Crippen LogP contribution in [0.5, 0.6) is 0 Å². The monoisotopic (exact) mass is 265 g/mol. The molecule has 19 heavy (non-hydrogen) atoms. The van der Waals surface area contributed by atoms with E-state index in [1.807, 2.05) is 0 Å². The Balaban J connectivity index is 2.84. The van der Waals surface area contributed by atoms with Gasteiger partial charge in [0.15, 0.2) is 0 Å². The maximum Gasteiger partial charge on any atom is 0.314 e. The van der Waals surface area contributed by atoms with Gasteiger partial charge in [-0.25, -0.2) is 0 Å². The smallest absolute Gasteiger partial charge is 0.314 e. The van der Waals surface area contributed by atoms with Crippen molar-refractivity contribution in [3.8, 4) is 0 Å². The van der Waals surface area contributed by atoms with Gasteiger partial charge < -0.3 is 15.5 Å². The van der Waals surface area contributed by atoms with Crippen LogP contribution in [0.25, 0.3) is 0 Å². The molecule has 0 fully saturated rings. The summed E-state index contributed by atoms with van der Waals surface area (Å²) in [5.74, 6) is -1.44. The maximum absolute atomic E-state index is 11.8. The molecule has 1 amide bonds. The van der Waals surface area contributed by atoms with Crippen LogP contribution in [0.2, 0.25) is 0 Å². The van der Waals surface area contributed by atoms with E-state index in [0.29, 0.717) is 5.56 Å². The number of carbonyl (C=O) groups is 2. The van der Waals surface area contributed by atoms with Crippen molar-refractivity contribution in [3.63, 3.8) is 0 Å². The Bertz CT molecular complexity index is 444. The van der Waals surface area contributed by atoms with Crippen LogP contribution < -0.4 is 5.32 Å². The minimum atomic E-state index is -1.27. The van der Waals surface area contributed by atoms with Crippen LogP contribution in [0.4, 0.5) is 0 Å². The molecule has 0 aliphatic rings. The lowest BCUT2D eigenvalue weighted by Crippen LogP contribution is -2.40. The molecule has 0 aliphatic carbocycles. The highest BCUT2D eigenvalue weighted by atomic mass is 16.4. The van der Waals surface area contributed by atoms with Crippen LogP contribution in [0.3, 0.4) is 0 Å². The molecule has 0 bridgehead atoms. The number of rotatable bonds is 6. The van der Waals surface area contributed by atoms with E-state index in [1.54, 1.807) is 37.3 Å². The summed E-state index contributed by atoms with van der Waals surface area (Å²) in [5.41, 5.74) is -0.695. The van der Waals surface area contributed by atoms with Crippen LogP contribution in [0, 0.1) is 0 Å². The molecule has 1 aromatic carbocycles. The van der Waals surface area contributed by atoms with Gasteiger partial charge in [-0.05, 0) is 19.4 Å². The van der Waals surface area contributed by atoms with Crippen molar-refractivity contribution in [2.24, 2.45) is 0 Å². The summed E-state index contributed by atoms with van der Waals surface area (Å²) >= 11 is 0. The van der Waals surface area contributed by atoms with Crippen molar-refractivity contribution < 1.29 is 19.8 Å². The number of hydrogen-bond acceptors (Lipinski definition) is 3. The molecule has 0 aliphatic heterocycles. The average Bonchev–Trinajstić information content (AvgIpc) is 2.37. The second-order valence-electron chi connectivity index (χ2n) is 4.83. The highest BCUT2D eigenvalue weighted by molar-refractivity contribution is 5.89. The average molecular weight is 265 g/mol. The van der Waals surface area contributed by atoms with Gasteiger partial charge in [-0.15, -0.1) is 0 Å². The zero-order valence-electron chi connectivity index (χ0n) is 11.1. The van der Waals surface area contributed by atoms with Crippen LogP contribution in [0.15, 0.2) is 30.3 Å². The highest BCUT2D eigenvalue weighted by Crippen LogP contribution is 2.27. The third-order valence-electron chi connectivity index (χ3n) is 2.99. The number of carbonyl (C=O) groups excluding carboxylic acids is 1. The fraction of sp³-hybridized carbons (Fsp3) is 0.429. The molecule has 1 aromatic rings. The molecular weight excluding hydrogens is 246 g/mol. The summed E-state index contributed by atoms with van der Waals surface area (Å²) < 4.78 is 0. The van der Waals surface area contributed by atoms with Gasteiger partial charge in [0.2, 0.25) is 5.91 Å². The number of hydrogen-bond donors (Lipinski definition) is 3. The fourth-order valence-electron chi connectivity index (χ4n) is 1.75. The summed E-state index contributed by atoms with van der Waals surface area (Å²) in [6.45, 7) is 3.18. The number of aliphatic carboxylic acids is 1. The van der Waals surface area contributed by atoms with Crippen LogP contribution in [-0.4, -0.2) is 34.7 Å². The number of benzene rings is 1. The van der Waals surface area contributed by atoms with Crippen molar-refractivity contribution in [1.29, 1.82) is 0 Å². The number of amides is 1. The molecule has 2 unspecified atom stereocenters. The summed E-state index contributed by atoms with van der Waals surface area (Å²) in [6, 6.07) is 8.65. The van der Waals surface area contributed by atoms with E-state index in [2.05, 4.69) is 5.32 Å². The van der Waals surface area contributed by atoms with E-state index in [4.69, 9.17) is 5.11 Å². The van der Waals surface area contributed by atoms with Crippen LogP contribution in [-0.2, 0) is 15.0 Å². The Morgan fingerprint density at radius 3 is 2.37 bits per heavy atom. The van der Waals surface area contributed by atoms with Crippen molar-refractivity contribution in [3.05, 3.63) is 35.9 Å². The predicted octanol–water partition coefficient (Wildman–Crippen LogP) is 0.916. The highest BCUT2D eigenvalue weighted by Gasteiger charge is 2.37. The molecule has 1 rings (SSSR count). The summed E-state index contributed by atoms with van der Waals surface area (Å²) in [7, 11) is 0. The van der Waals surface area contributed by atoms with Crippen molar-refractivity contribution >= 4 is 11.9 Å². The van der Waals surface area contributed by atoms with Crippen molar-refractivity contribution in [2.45, 2.75) is 31.8 Å². The summed E-state index contributed by atoms with van der Waals surface area (Å²) in [6.07, 6.45) is -0.823. The largest absolute Gasteiger partial charge is 0.481 e. The Morgan fingerprint density at radius 1 is 1.32 bits per heavy atom. The van der Waals surface area contributed by atoms with Gasteiger partial charge >= 0.3 is 5.97 Å². The molecule has 0 heterocycles. The third-order valence-corrected chi connectivity index (χ3v) is 2.99. The molecule has 0 aromatic heterocycles. The molecular formula is C14H19NO4. The minimum absolute atomic E-state index is 0.114. The Labute approximate surface area is 112 Å². The summed E-state index contributed by atoms with van der Waals surface area (Å²) in [4.78, 5) is 23.2. The van der Waals surface area contributed by atoms with Gasteiger partial charge in [0.05, 0.1) is 11.5 Å². The van der Waals surface area contributed by atoms with Gasteiger partial charge in [-0.2, -0.15) is 0 Å². The predicted molar refractivity (Wildman–Crippen MR) is 70.7 cm³/mol. The minimum Gasteiger partial charge on any atom is -0.481 e. The number of carboxylic acids is 1. The fourth-order valence-corrected chi connectivity index (χ4v) is 1.75. The quantitative estimate of drug-likeness (QED) is 0.713. The second kappa shape index (κ2) is 6.33. The van der Waals surface area contributed by atoms with Gasteiger partial charge in [0.1, 0.15) is 0 Å². The topological polar surface area (TPSA) is 86.6 Å². The number of carboxylic acid groups (broad SMARTS) is 1. The first-order valence-electron chi connectivity index (χ1n) is 6.10. The normalized spacial score (nSPS) is 15.3. The number of aliphatic hydroxyl groups is 1. The van der Waals surface area contributed by atoms with Crippen molar-refractivity contribution in [2.75, 3.05) is 6.54 Å². The van der Waals surface area contributed by atoms with Gasteiger partial charge in [-0.3, -0.25) is 9.59 Å². The number of nitrogens with one attached hydrogen (secondary N) is 1. The lowest BCUT2D eigenvalue weighted by atomic mass is 9.79. The molecule has 104 valence electrons. The lowest BCUT2D eigenvalue weighted by Gasteiger charge is -2.24. The van der Waals surface area contributed by atoms with E-state index in [0.717, 1.165) is 0 Å². The Kier molecular flexibility index (Phi) is 5.06. The van der Waals surface area contributed by atoms with Crippen LogP contribution in [0.1, 0.15) is 25.8 Å². The van der Waals surface area contributed by atoms with E-state index >= 15 is 0 Å². The van der Waals surface area contributed by atoms with Crippen LogP contribution >= 0.6 is 0 Å². The van der Waals surface area contributed by atoms with E-state index < -0.39 is 23.4 Å². The zero-order valence-corrected chi connectivity index (χ0v) is 11.1. The Morgan fingerprint density at radius 2 is 1.89 bits per heavy atom. The first-order chi connectivity index (χ1) is 8.86. The second-order valence-corrected chi connectivity index (χ2v) is 4.83. The molecule has 5 nitrogen and oxygen atoms in total. The zero-order chi connectivity index (χ0) is 14.5. The third kappa shape index (κ3) is 4.06. The molecule has 5 heteroatoms. The summed E-state index contributed by atoms with van der Waals surface area (Å²) in [5, 5.41) is 21.0.